The number of likely N-dealkylation sites (tertiary alicyclic amines) is 1. The summed E-state index contributed by atoms with van der Waals surface area (Å²) in [6, 6.07) is 15.2. The SMILES string of the molecule is CC[C@H](C)[C@H](N)C(=O)N(Cc1ccccc1)C(=O)[C@@H]1CCCN1CC(=O)c1ccccc1OC. The number of carbonyl (C=O) groups is 3. The summed E-state index contributed by atoms with van der Waals surface area (Å²) < 4.78 is 5.33. The van der Waals surface area contributed by atoms with Crippen LogP contribution < -0.4 is 10.5 Å². The van der Waals surface area contributed by atoms with E-state index in [9.17, 15) is 14.4 Å². The lowest BCUT2D eigenvalue weighted by molar-refractivity contribution is -0.149. The number of para-hydroxylation sites is 1. The van der Waals surface area contributed by atoms with E-state index >= 15 is 0 Å². The number of hydrogen-bond acceptors (Lipinski definition) is 6. The summed E-state index contributed by atoms with van der Waals surface area (Å²) in [6.07, 6.45) is 2.11. The number of Topliss-reactive ketones (excluding diaryl/α,β-unsaturated/α-hetero) is 1. The van der Waals surface area contributed by atoms with Gasteiger partial charge in [0.15, 0.2) is 5.78 Å². The molecular formula is C27H35N3O4. The topological polar surface area (TPSA) is 92.9 Å². The molecule has 2 aromatic rings. The van der Waals surface area contributed by atoms with E-state index in [1.807, 2.05) is 55.1 Å². The van der Waals surface area contributed by atoms with Gasteiger partial charge in [0.2, 0.25) is 11.8 Å². The highest BCUT2D eigenvalue weighted by Crippen LogP contribution is 2.24. The summed E-state index contributed by atoms with van der Waals surface area (Å²) in [5.41, 5.74) is 7.60. The van der Waals surface area contributed by atoms with Crippen LogP contribution >= 0.6 is 0 Å². The zero-order chi connectivity index (χ0) is 24.7. The second kappa shape index (κ2) is 11.9. The van der Waals surface area contributed by atoms with Crippen LogP contribution in [-0.2, 0) is 16.1 Å². The van der Waals surface area contributed by atoms with Crippen LogP contribution in [0.1, 0.15) is 49.0 Å². The smallest absolute Gasteiger partial charge is 0.246 e. The molecule has 0 spiro atoms. The molecule has 0 unspecified atom stereocenters. The standard InChI is InChI=1S/C27H35N3O4/c1-4-19(2)25(28)27(33)30(17-20-11-6-5-7-12-20)26(32)22-14-10-16-29(22)18-23(31)21-13-8-9-15-24(21)34-3/h5-9,11-13,15,19,22,25H,4,10,14,16-18,28H2,1-3H3/t19-,22-,25-/m0/s1. The number of nitrogens with zero attached hydrogens (tertiary/aromatic N) is 2. The quantitative estimate of drug-likeness (QED) is 0.542. The molecule has 3 atom stereocenters. The Morgan fingerprint density at radius 3 is 2.47 bits per heavy atom. The number of nitrogens with two attached hydrogens (primary N) is 1. The van der Waals surface area contributed by atoms with Crippen molar-refractivity contribution in [1.82, 2.24) is 9.80 Å². The Balaban J connectivity index is 1.82. The molecule has 0 aliphatic carbocycles. The summed E-state index contributed by atoms with van der Waals surface area (Å²) in [6.45, 7) is 4.75. The van der Waals surface area contributed by atoms with Crippen LogP contribution in [0.2, 0.25) is 0 Å². The molecule has 0 saturated carbocycles. The molecule has 3 rings (SSSR count). The van der Waals surface area contributed by atoms with E-state index in [0.717, 1.165) is 18.4 Å². The fraction of sp³-hybridized carbons (Fsp3) is 0.444. The molecule has 0 aromatic heterocycles. The molecule has 2 aromatic carbocycles. The Morgan fingerprint density at radius 1 is 1.12 bits per heavy atom. The number of imide groups is 1. The number of amides is 2. The fourth-order valence-corrected chi connectivity index (χ4v) is 4.33. The van der Waals surface area contributed by atoms with E-state index in [1.54, 1.807) is 18.2 Å². The van der Waals surface area contributed by atoms with E-state index < -0.39 is 12.1 Å². The van der Waals surface area contributed by atoms with E-state index in [4.69, 9.17) is 10.5 Å². The first kappa shape index (κ1) is 25.6. The third-order valence-corrected chi connectivity index (χ3v) is 6.66. The van der Waals surface area contributed by atoms with Gasteiger partial charge in [0, 0.05) is 0 Å². The molecule has 0 radical (unpaired) electrons. The third-order valence-electron chi connectivity index (χ3n) is 6.66. The van der Waals surface area contributed by atoms with Crippen molar-refractivity contribution in [1.29, 1.82) is 0 Å². The third kappa shape index (κ3) is 5.90. The van der Waals surface area contributed by atoms with Crippen molar-refractivity contribution in [2.24, 2.45) is 11.7 Å². The van der Waals surface area contributed by atoms with Crippen molar-refractivity contribution in [2.45, 2.75) is 51.7 Å². The first-order chi connectivity index (χ1) is 16.4. The van der Waals surface area contributed by atoms with Crippen LogP contribution in [0.4, 0.5) is 0 Å². The van der Waals surface area contributed by atoms with Crippen molar-refractivity contribution in [2.75, 3.05) is 20.2 Å². The van der Waals surface area contributed by atoms with Gasteiger partial charge in [-0.15, -0.1) is 0 Å². The highest BCUT2D eigenvalue weighted by molar-refractivity contribution is 6.02. The average Bonchev–Trinajstić information content (AvgIpc) is 3.34. The number of rotatable bonds is 10. The Bertz CT molecular complexity index is 994. The lowest BCUT2D eigenvalue weighted by Crippen LogP contribution is -2.54. The van der Waals surface area contributed by atoms with Gasteiger partial charge in [-0.1, -0.05) is 62.7 Å². The van der Waals surface area contributed by atoms with Crippen LogP contribution in [0.3, 0.4) is 0 Å². The minimum absolute atomic E-state index is 0.0506. The highest BCUT2D eigenvalue weighted by Gasteiger charge is 2.39. The van der Waals surface area contributed by atoms with Gasteiger partial charge in [-0.3, -0.25) is 24.2 Å². The summed E-state index contributed by atoms with van der Waals surface area (Å²) in [4.78, 5) is 43.3. The van der Waals surface area contributed by atoms with Crippen LogP contribution in [0.5, 0.6) is 5.75 Å². The van der Waals surface area contributed by atoms with E-state index in [2.05, 4.69) is 0 Å². The van der Waals surface area contributed by atoms with E-state index in [-0.39, 0.29) is 36.6 Å². The summed E-state index contributed by atoms with van der Waals surface area (Å²) >= 11 is 0. The summed E-state index contributed by atoms with van der Waals surface area (Å²) in [7, 11) is 1.53. The van der Waals surface area contributed by atoms with Gasteiger partial charge >= 0.3 is 0 Å². The minimum Gasteiger partial charge on any atom is -0.496 e. The first-order valence-corrected chi connectivity index (χ1v) is 11.9. The molecule has 1 saturated heterocycles. The molecule has 7 nitrogen and oxygen atoms in total. The highest BCUT2D eigenvalue weighted by atomic mass is 16.5. The minimum atomic E-state index is -0.761. The molecule has 34 heavy (non-hydrogen) atoms. The normalized spacial score (nSPS) is 17.7. The van der Waals surface area contributed by atoms with Crippen molar-refractivity contribution >= 4 is 17.6 Å². The first-order valence-electron chi connectivity index (χ1n) is 11.9. The summed E-state index contributed by atoms with van der Waals surface area (Å²) in [5, 5.41) is 0. The molecule has 1 heterocycles. The molecular weight excluding hydrogens is 430 g/mol. The predicted molar refractivity (Wildman–Crippen MR) is 131 cm³/mol. The number of carbonyl (C=O) groups excluding carboxylic acids is 3. The molecule has 1 aliphatic heterocycles. The van der Waals surface area contributed by atoms with Gasteiger partial charge < -0.3 is 10.5 Å². The molecule has 0 bridgehead atoms. The Hall–Kier alpha value is -3.03. The predicted octanol–water partition coefficient (Wildman–Crippen LogP) is 3.27. The number of hydrogen-bond donors (Lipinski definition) is 1. The van der Waals surface area contributed by atoms with Crippen LogP contribution in [0, 0.1) is 5.92 Å². The van der Waals surface area contributed by atoms with Gasteiger partial charge in [-0.05, 0) is 43.0 Å². The van der Waals surface area contributed by atoms with Crippen LogP contribution in [0.25, 0.3) is 0 Å². The maximum atomic E-state index is 13.7. The monoisotopic (exact) mass is 465 g/mol. The van der Waals surface area contributed by atoms with Crippen molar-refractivity contribution in [3.8, 4) is 5.75 Å². The Labute approximate surface area is 201 Å². The van der Waals surface area contributed by atoms with Gasteiger partial charge in [0.05, 0.1) is 37.8 Å². The molecule has 1 fully saturated rings. The van der Waals surface area contributed by atoms with Gasteiger partial charge in [0.25, 0.3) is 0 Å². The van der Waals surface area contributed by atoms with Crippen molar-refractivity contribution < 1.29 is 19.1 Å². The van der Waals surface area contributed by atoms with Crippen LogP contribution in [-0.4, -0.2) is 59.7 Å². The van der Waals surface area contributed by atoms with E-state index in [0.29, 0.717) is 24.3 Å². The largest absolute Gasteiger partial charge is 0.496 e. The zero-order valence-corrected chi connectivity index (χ0v) is 20.3. The van der Waals surface area contributed by atoms with Crippen molar-refractivity contribution in [3.63, 3.8) is 0 Å². The molecule has 1 aliphatic rings. The average molecular weight is 466 g/mol. The van der Waals surface area contributed by atoms with Gasteiger partial charge in [-0.2, -0.15) is 0 Å². The zero-order valence-electron chi connectivity index (χ0n) is 20.3. The number of benzene rings is 2. The van der Waals surface area contributed by atoms with Gasteiger partial charge in [-0.25, -0.2) is 0 Å². The lowest BCUT2D eigenvalue weighted by atomic mass is 9.98. The van der Waals surface area contributed by atoms with Gasteiger partial charge in [0.1, 0.15) is 5.75 Å². The second-order valence-corrected chi connectivity index (χ2v) is 8.91. The van der Waals surface area contributed by atoms with Crippen LogP contribution in [0.15, 0.2) is 54.6 Å². The summed E-state index contributed by atoms with van der Waals surface area (Å²) in [5.74, 6) is -0.321. The fourth-order valence-electron chi connectivity index (χ4n) is 4.33. The number of methoxy groups -OCH3 is 1. The van der Waals surface area contributed by atoms with Crippen molar-refractivity contribution in [3.05, 3.63) is 65.7 Å². The molecule has 2 amide bonds. The molecule has 7 heteroatoms. The number of ether oxygens (including phenoxy) is 1. The Kier molecular flexibility index (Phi) is 8.96. The Morgan fingerprint density at radius 2 is 1.79 bits per heavy atom. The lowest BCUT2D eigenvalue weighted by Gasteiger charge is -2.31. The second-order valence-electron chi connectivity index (χ2n) is 8.91. The molecule has 2 N–H and O–H groups in total. The molecule has 182 valence electrons. The maximum Gasteiger partial charge on any atom is 0.246 e. The van der Waals surface area contributed by atoms with E-state index in [1.165, 1.54) is 12.0 Å². The number of ketones is 1. The maximum absolute atomic E-state index is 13.7.